The number of ether oxygens (including phenoxy) is 2. The van der Waals surface area contributed by atoms with Gasteiger partial charge in [0.2, 0.25) is 6.04 Å². The number of rotatable bonds is 7. The quantitative estimate of drug-likeness (QED) is 0.338. The maximum atomic E-state index is 10.4. The lowest BCUT2D eigenvalue weighted by Crippen LogP contribution is -2.38. The molecule has 1 atom stereocenters. The first-order valence-electron chi connectivity index (χ1n) is 4.38. The van der Waals surface area contributed by atoms with E-state index in [0.717, 1.165) is 0 Å². The van der Waals surface area contributed by atoms with Crippen LogP contribution in [0.2, 0.25) is 0 Å². The molecule has 0 aliphatic rings. The first-order valence-corrected chi connectivity index (χ1v) is 4.38. The molecule has 0 aliphatic carbocycles. The van der Waals surface area contributed by atoms with Gasteiger partial charge in [-0.15, -0.1) is 0 Å². The molecule has 0 N–H and O–H groups in total. The normalized spacial score (nSPS) is 13.6. The van der Waals surface area contributed by atoms with E-state index in [2.05, 4.69) is 0 Å². The van der Waals surface area contributed by atoms with Crippen LogP contribution in [0.4, 0.5) is 0 Å². The fourth-order valence-electron chi connectivity index (χ4n) is 1.09. The third-order valence-electron chi connectivity index (χ3n) is 1.92. The molecule has 0 aliphatic heterocycles. The minimum Gasteiger partial charge on any atom is -0.355 e. The van der Waals surface area contributed by atoms with Crippen LogP contribution in [0.1, 0.15) is 6.92 Å². The van der Waals surface area contributed by atoms with E-state index in [0.29, 0.717) is 13.1 Å². The van der Waals surface area contributed by atoms with Crippen molar-refractivity contribution in [3.8, 4) is 0 Å². The van der Waals surface area contributed by atoms with E-state index in [1.54, 1.807) is 28.2 Å². The molecule has 0 spiro atoms. The summed E-state index contributed by atoms with van der Waals surface area (Å²) in [5, 5.41) is 10.4. The molecule has 0 rings (SSSR count). The molecule has 0 fully saturated rings. The third kappa shape index (κ3) is 5.11. The molecular weight excluding hydrogens is 188 g/mol. The van der Waals surface area contributed by atoms with Gasteiger partial charge in [-0.1, -0.05) is 0 Å². The van der Waals surface area contributed by atoms with Crippen molar-refractivity contribution in [2.75, 3.05) is 34.4 Å². The molecule has 14 heavy (non-hydrogen) atoms. The summed E-state index contributed by atoms with van der Waals surface area (Å²) in [6.07, 6.45) is -0.334. The molecule has 0 saturated carbocycles. The largest absolute Gasteiger partial charge is 0.355 e. The molecule has 0 bridgehead atoms. The van der Waals surface area contributed by atoms with Crippen LogP contribution in [-0.4, -0.2) is 56.5 Å². The standard InChI is InChI=1S/C8H18N2O4/c1-7(10(11)12)5-9(2)6-8(13-3)14-4/h7-8H,5-6H2,1-4H3. The summed E-state index contributed by atoms with van der Waals surface area (Å²) in [4.78, 5) is 11.9. The smallest absolute Gasteiger partial charge is 0.222 e. The van der Waals surface area contributed by atoms with Crippen LogP contribution in [0.25, 0.3) is 0 Å². The first kappa shape index (κ1) is 13.3. The summed E-state index contributed by atoms with van der Waals surface area (Å²) in [6, 6.07) is -0.575. The fourth-order valence-corrected chi connectivity index (χ4v) is 1.09. The lowest BCUT2D eigenvalue weighted by Gasteiger charge is -2.21. The van der Waals surface area contributed by atoms with E-state index in [1.807, 2.05) is 4.90 Å². The second-order valence-corrected chi connectivity index (χ2v) is 3.26. The second-order valence-electron chi connectivity index (χ2n) is 3.26. The van der Waals surface area contributed by atoms with Crippen LogP contribution in [0.15, 0.2) is 0 Å². The molecule has 0 aromatic carbocycles. The summed E-state index contributed by atoms with van der Waals surface area (Å²) in [5.74, 6) is 0. The Morgan fingerprint density at radius 2 is 1.86 bits per heavy atom. The molecule has 0 amide bonds. The summed E-state index contributed by atoms with van der Waals surface area (Å²) in [7, 11) is 4.88. The van der Waals surface area contributed by atoms with E-state index in [4.69, 9.17) is 9.47 Å². The lowest BCUT2D eigenvalue weighted by molar-refractivity contribution is -0.518. The monoisotopic (exact) mass is 206 g/mol. The molecule has 0 radical (unpaired) electrons. The molecule has 6 heteroatoms. The number of nitro groups is 1. The van der Waals surface area contributed by atoms with Gasteiger partial charge < -0.3 is 9.47 Å². The summed E-state index contributed by atoms with van der Waals surface area (Å²) < 4.78 is 9.96. The zero-order valence-corrected chi connectivity index (χ0v) is 9.10. The zero-order chi connectivity index (χ0) is 11.1. The number of hydrogen-bond acceptors (Lipinski definition) is 5. The molecule has 1 unspecified atom stereocenters. The Morgan fingerprint density at radius 1 is 1.36 bits per heavy atom. The Bertz CT molecular complexity index is 173. The van der Waals surface area contributed by atoms with Crippen molar-refractivity contribution < 1.29 is 14.4 Å². The Labute approximate surface area is 83.9 Å². The second kappa shape index (κ2) is 6.69. The molecule has 0 aromatic rings. The van der Waals surface area contributed by atoms with Gasteiger partial charge in [-0.05, 0) is 7.05 Å². The average molecular weight is 206 g/mol. The van der Waals surface area contributed by atoms with E-state index < -0.39 is 6.04 Å². The van der Waals surface area contributed by atoms with Gasteiger partial charge in [0.25, 0.3) is 0 Å². The lowest BCUT2D eigenvalue weighted by atomic mass is 10.3. The van der Waals surface area contributed by atoms with Crippen molar-refractivity contribution in [3.05, 3.63) is 10.1 Å². The van der Waals surface area contributed by atoms with Gasteiger partial charge in [0.15, 0.2) is 6.29 Å². The minimum atomic E-state index is -0.575. The van der Waals surface area contributed by atoms with Crippen molar-refractivity contribution >= 4 is 0 Å². The molecule has 6 nitrogen and oxygen atoms in total. The Kier molecular flexibility index (Phi) is 6.35. The topological polar surface area (TPSA) is 64.8 Å². The Hall–Kier alpha value is -0.720. The van der Waals surface area contributed by atoms with E-state index in [9.17, 15) is 10.1 Å². The van der Waals surface area contributed by atoms with E-state index in [1.165, 1.54) is 0 Å². The SMILES string of the molecule is COC(CN(C)CC(C)[N+](=O)[O-])OC. The number of hydrogen-bond donors (Lipinski definition) is 0. The zero-order valence-electron chi connectivity index (χ0n) is 9.10. The highest BCUT2D eigenvalue weighted by atomic mass is 16.7. The van der Waals surface area contributed by atoms with Crippen LogP contribution < -0.4 is 0 Å². The van der Waals surface area contributed by atoms with Gasteiger partial charge >= 0.3 is 0 Å². The van der Waals surface area contributed by atoms with Crippen molar-refractivity contribution in [2.24, 2.45) is 0 Å². The number of nitrogens with zero attached hydrogens (tertiary/aromatic N) is 2. The Balaban J connectivity index is 3.84. The highest BCUT2D eigenvalue weighted by molar-refractivity contribution is 4.58. The first-order chi connectivity index (χ1) is 6.51. The summed E-state index contributed by atoms with van der Waals surface area (Å²) >= 11 is 0. The van der Waals surface area contributed by atoms with Gasteiger partial charge in [0.05, 0.1) is 6.54 Å². The third-order valence-corrected chi connectivity index (χ3v) is 1.92. The van der Waals surface area contributed by atoms with Crippen LogP contribution in [0.5, 0.6) is 0 Å². The maximum Gasteiger partial charge on any atom is 0.222 e. The predicted octanol–water partition coefficient (Wildman–Crippen LogP) is 0.202. The highest BCUT2D eigenvalue weighted by Gasteiger charge is 2.17. The predicted molar refractivity (Wildman–Crippen MR) is 51.8 cm³/mol. The van der Waals surface area contributed by atoms with Crippen LogP contribution in [-0.2, 0) is 9.47 Å². The van der Waals surface area contributed by atoms with Gasteiger partial charge in [0.1, 0.15) is 0 Å². The van der Waals surface area contributed by atoms with E-state index in [-0.39, 0.29) is 11.2 Å². The molecule has 84 valence electrons. The maximum absolute atomic E-state index is 10.4. The number of methoxy groups -OCH3 is 2. The minimum absolute atomic E-state index is 0.300. The van der Waals surface area contributed by atoms with E-state index >= 15 is 0 Å². The summed E-state index contributed by atoms with van der Waals surface area (Å²) in [5.41, 5.74) is 0. The van der Waals surface area contributed by atoms with Crippen LogP contribution in [0, 0.1) is 10.1 Å². The average Bonchev–Trinajstić information content (AvgIpc) is 2.13. The van der Waals surface area contributed by atoms with Crippen LogP contribution in [0.3, 0.4) is 0 Å². The van der Waals surface area contributed by atoms with Crippen LogP contribution >= 0.6 is 0 Å². The fraction of sp³-hybridized carbons (Fsp3) is 1.00. The highest BCUT2D eigenvalue weighted by Crippen LogP contribution is 1.97. The molecule has 0 saturated heterocycles. The molecule has 0 heterocycles. The van der Waals surface area contributed by atoms with Gasteiger partial charge in [-0.2, -0.15) is 0 Å². The van der Waals surface area contributed by atoms with Crippen molar-refractivity contribution in [1.29, 1.82) is 0 Å². The van der Waals surface area contributed by atoms with Gasteiger partial charge in [-0.3, -0.25) is 15.0 Å². The van der Waals surface area contributed by atoms with Crippen molar-refractivity contribution in [2.45, 2.75) is 19.3 Å². The Morgan fingerprint density at radius 3 is 2.21 bits per heavy atom. The van der Waals surface area contributed by atoms with Gasteiger partial charge in [-0.25, -0.2) is 0 Å². The van der Waals surface area contributed by atoms with Crippen molar-refractivity contribution in [3.63, 3.8) is 0 Å². The molecular formula is C8H18N2O4. The number of likely N-dealkylation sites (N-methyl/N-ethyl adjacent to an activating group) is 1. The van der Waals surface area contributed by atoms with Crippen molar-refractivity contribution in [1.82, 2.24) is 4.90 Å². The summed E-state index contributed by atoms with van der Waals surface area (Å²) in [6.45, 7) is 2.48. The molecule has 0 aromatic heterocycles. The van der Waals surface area contributed by atoms with Gasteiger partial charge in [0, 0.05) is 32.6 Å².